The summed E-state index contributed by atoms with van der Waals surface area (Å²) in [4.78, 5) is 11.3. The van der Waals surface area contributed by atoms with Gasteiger partial charge in [-0.3, -0.25) is 4.79 Å². The van der Waals surface area contributed by atoms with Gasteiger partial charge < -0.3 is 16.2 Å². The molecule has 0 saturated carbocycles. The number of nitriles is 1. The lowest BCUT2D eigenvalue weighted by Crippen LogP contribution is -2.12. The van der Waals surface area contributed by atoms with Crippen LogP contribution < -0.4 is 16.2 Å². The molecule has 2 rings (SSSR count). The van der Waals surface area contributed by atoms with E-state index in [1.54, 1.807) is 30.3 Å². The van der Waals surface area contributed by atoms with E-state index in [9.17, 15) is 4.79 Å². The molecule has 0 aliphatic rings. The summed E-state index contributed by atoms with van der Waals surface area (Å²) in [5.41, 5.74) is 11.9. The Hall–Kier alpha value is -3.00. The van der Waals surface area contributed by atoms with Gasteiger partial charge in [0.05, 0.1) is 11.1 Å². The van der Waals surface area contributed by atoms with E-state index in [0.717, 1.165) is 0 Å². The van der Waals surface area contributed by atoms with Crippen LogP contribution in [0.1, 0.15) is 15.9 Å². The number of para-hydroxylation sites is 1. The highest BCUT2D eigenvalue weighted by atomic mass is 16.5. The van der Waals surface area contributed by atoms with Crippen molar-refractivity contribution in [3.63, 3.8) is 0 Å². The molecule has 94 valence electrons. The topological polar surface area (TPSA) is 102 Å². The molecule has 0 aliphatic carbocycles. The predicted molar refractivity (Wildman–Crippen MR) is 70.6 cm³/mol. The summed E-state index contributed by atoms with van der Waals surface area (Å²) in [5.74, 6) is -0.0438. The summed E-state index contributed by atoms with van der Waals surface area (Å²) in [6.07, 6.45) is 0. The van der Waals surface area contributed by atoms with E-state index in [0.29, 0.717) is 17.0 Å². The minimum absolute atomic E-state index is 0.210. The van der Waals surface area contributed by atoms with E-state index in [1.807, 2.05) is 6.07 Å². The molecule has 0 radical (unpaired) electrons. The number of nitrogen functional groups attached to an aromatic ring is 1. The Morgan fingerprint density at radius 1 is 1.16 bits per heavy atom. The SMILES string of the molecule is N#Cc1ccccc1Oc1cc(N)ccc1C(N)=O. The molecular weight excluding hydrogens is 242 g/mol. The lowest BCUT2D eigenvalue weighted by molar-refractivity contribution is 0.0998. The molecule has 0 aliphatic heterocycles. The fourth-order valence-corrected chi connectivity index (χ4v) is 1.59. The van der Waals surface area contributed by atoms with Crippen LogP contribution in [0, 0.1) is 11.3 Å². The Kier molecular flexibility index (Phi) is 3.35. The highest BCUT2D eigenvalue weighted by Gasteiger charge is 2.12. The first kappa shape index (κ1) is 12.5. The van der Waals surface area contributed by atoms with Gasteiger partial charge in [0, 0.05) is 11.8 Å². The number of ether oxygens (including phenoxy) is 1. The second-order valence-electron chi connectivity index (χ2n) is 3.83. The number of nitrogens with zero attached hydrogens (tertiary/aromatic N) is 1. The second kappa shape index (κ2) is 5.10. The van der Waals surface area contributed by atoms with Crippen LogP contribution in [0.3, 0.4) is 0 Å². The van der Waals surface area contributed by atoms with Crippen molar-refractivity contribution < 1.29 is 9.53 Å². The van der Waals surface area contributed by atoms with Crippen molar-refractivity contribution in [1.82, 2.24) is 0 Å². The zero-order valence-corrected chi connectivity index (χ0v) is 9.96. The van der Waals surface area contributed by atoms with Crippen LogP contribution in [0.15, 0.2) is 42.5 Å². The van der Waals surface area contributed by atoms with Crippen LogP contribution in [0.2, 0.25) is 0 Å². The van der Waals surface area contributed by atoms with Gasteiger partial charge in [-0.05, 0) is 24.3 Å². The molecule has 0 atom stereocenters. The van der Waals surface area contributed by atoms with Crippen molar-refractivity contribution in [3.05, 3.63) is 53.6 Å². The molecule has 2 aromatic rings. The van der Waals surface area contributed by atoms with Gasteiger partial charge >= 0.3 is 0 Å². The highest BCUT2D eigenvalue weighted by molar-refractivity contribution is 5.96. The van der Waals surface area contributed by atoms with Crippen molar-refractivity contribution in [3.8, 4) is 17.6 Å². The van der Waals surface area contributed by atoms with Crippen LogP contribution in [-0.2, 0) is 0 Å². The van der Waals surface area contributed by atoms with Crippen LogP contribution in [0.4, 0.5) is 5.69 Å². The fraction of sp³-hybridized carbons (Fsp3) is 0. The second-order valence-corrected chi connectivity index (χ2v) is 3.83. The third kappa shape index (κ3) is 2.64. The number of benzene rings is 2. The minimum Gasteiger partial charge on any atom is -0.455 e. The molecule has 2 aromatic carbocycles. The van der Waals surface area contributed by atoms with Crippen molar-refractivity contribution >= 4 is 11.6 Å². The van der Waals surface area contributed by atoms with Crippen LogP contribution >= 0.6 is 0 Å². The molecule has 5 nitrogen and oxygen atoms in total. The monoisotopic (exact) mass is 253 g/mol. The van der Waals surface area contributed by atoms with E-state index in [4.69, 9.17) is 21.5 Å². The highest BCUT2D eigenvalue weighted by Crippen LogP contribution is 2.29. The molecule has 1 amide bonds. The number of nitrogens with two attached hydrogens (primary N) is 2. The van der Waals surface area contributed by atoms with E-state index in [-0.39, 0.29) is 11.3 Å². The molecule has 0 heterocycles. The van der Waals surface area contributed by atoms with Gasteiger partial charge in [-0.15, -0.1) is 0 Å². The molecular formula is C14H11N3O2. The maximum atomic E-state index is 11.3. The number of carbonyl (C=O) groups is 1. The van der Waals surface area contributed by atoms with Crippen molar-refractivity contribution in [2.75, 3.05) is 5.73 Å². The number of hydrogen-bond acceptors (Lipinski definition) is 4. The van der Waals surface area contributed by atoms with Crippen LogP contribution in [-0.4, -0.2) is 5.91 Å². The van der Waals surface area contributed by atoms with Gasteiger partial charge in [0.15, 0.2) is 0 Å². The first-order chi connectivity index (χ1) is 9.11. The summed E-state index contributed by atoms with van der Waals surface area (Å²) >= 11 is 0. The zero-order chi connectivity index (χ0) is 13.8. The van der Waals surface area contributed by atoms with Crippen LogP contribution in [0.25, 0.3) is 0 Å². The van der Waals surface area contributed by atoms with Gasteiger partial charge in [-0.1, -0.05) is 12.1 Å². The van der Waals surface area contributed by atoms with Crippen molar-refractivity contribution in [1.29, 1.82) is 5.26 Å². The summed E-state index contributed by atoms with van der Waals surface area (Å²) in [6, 6.07) is 13.2. The van der Waals surface area contributed by atoms with E-state index in [2.05, 4.69) is 0 Å². The lowest BCUT2D eigenvalue weighted by atomic mass is 10.1. The molecule has 0 bridgehead atoms. The summed E-state index contributed by atoms with van der Waals surface area (Å²) < 4.78 is 5.57. The van der Waals surface area contributed by atoms with Gasteiger partial charge in [0.25, 0.3) is 5.91 Å². The molecule has 19 heavy (non-hydrogen) atoms. The maximum Gasteiger partial charge on any atom is 0.252 e. The summed E-state index contributed by atoms with van der Waals surface area (Å²) in [6.45, 7) is 0. The molecule has 0 aromatic heterocycles. The van der Waals surface area contributed by atoms with Gasteiger partial charge in [0.1, 0.15) is 17.6 Å². The Morgan fingerprint density at radius 3 is 2.58 bits per heavy atom. The number of anilines is 1. The minimum atomic E-state index is -0.621. The maximum absolute atomic E-state index is 11.3. The molecule has 0 saturated heterocycles. The van der Waals surface area contributed by atoms with E-state index < -0.39 is 5.91 Å². The number of carbonyl (C=O) groups excluding carboxylic acids is 1. The first-order valence-electron chi connectivity index (χ1n) is 5.48. The molecule has 5 heteroatoms. The standard InChI is InChI=1S/C14H11N3O2/c15-8-9-3-1-2-4-12(9)19-13-7-10(16)5-6-11(13)14(17)18/h1-7H,16H2,(H2,17,18). The number of primary amides is 1. The average molecular weight is 253 g/mol. The lowest BCUT2D eigenvalue weighted by Gasteiger charge is -2.10. The third-order valence-corrected chi connectivity index (χ3v) is 2.50. The Labute approximate surface area is 110 Å². The summed E-state index contributed by atoms with van der Waals surface area (Å²) in [7, 11) is 0. The van der Waals surface area contributed by atoms with Gasteiger partial charge in [-0.25, -0.2) is 0 Å². The number of amides is 1. The van der Waals surface area contributed by atoms with E-state index in [1.165, 1.54) is 12.1 Å². The normalized spacial score (nSPS) is 9.63. The third-order valence-electron chi connectivity index (χ3n) is 2.50. The van der Waals surface area contributed by atoms with Crippen molar-refractivity contribution in [2.24, 2.45) is 5.73 Å². The molecule has 4 N–H and O–H groups in total. The first-order valence-corrected chi connectivity index (χ1v) is 5.48. The quantitative estimate of drug-likeness (QED) is 0.817. The Bertz CT molecular complexity index is 675. The average Bonchev–Trinajstić information content (AvgIpc) is 2.39. The van der Waals surface area contributed by atoms with Gasteiger partial charge in [0.2, 0.25) is 0 Å². The van der Waals surface area contributed by atoms with Crippen LogP contribution in [0.5, 0.6) is 11.5 Å². The smallest absolute Gasteiger partial charge is 0.252 e. The Morgan fingerprint density at radius 2 is 1.89 bits per heavy atom. The zero-order valence-electron chi connectivity index (χ0n) is 9.96. The largest absolute Gasteiger partial charge is 0.455 e. The van der Waals surface area contributed by atoms with Crippen molar-refractivity contribution in [2.45, 2.75) is 0 Å². The summed E-state index contributed by atoms with van der Waals surface area (Å²) in [5, 5.41) is 8.98. The van der Waals surface area contributed by atoms with E-state index >= 15 is 0 Å². The molecule has 0 fully saturated rings. The number of rotatable bonds is 3. The predicted octanol–water partition coefficient (Wildman–Crippen LogP) is 2.03. The molecule has 0 unspecified atom stereocenters. The Balaban J connectivity index is 2.46. The fourth-order valence-electron chi connectivity index (χ4n) is 1.59. The van der Waals surface area contributed by atoms with Gasteiger partial charge in [-0.2, -0.15) is 5.26 Å². The molecule has 0 spiro atoms. The number of hydrogen-bond donors (Lipinski definition) is 2.